The summed E-state index contributed by atoms with van der Waals surface area (Å²) in [4.78, 5) is 15.0. The first kappa shape index (κ1) is 14.7. The molecule has 5 heteroatoms. The van der Waals surface area contributed by atoms with Gasteiger partial charge in [0, 0.05) is 12.3 Å². The second kappa shape index (κ2) is 5.64. The first-order chi connectivity index (χ1) is 11.2. The molecule has 3 fully saturated rings. The molecule has 5 nitrogen and oxygen atoms in total. The molecule has 0 aromatic heterocycles. The molecule has 1 amide bonds. The van der Waals surface area contributed by atoms with Gasteiger partial charge in [-0.2, -0.15) is 5.10 Å². The fraction of sp³-hybridized carbons (Fsp3) is 0.556. The second-order valence-electron chi connectivity index (χ2n) is 6.59. The van der Waals surface area contributed by atoms with Gasteiger partial charge in [-0.15, -0.1) is 0 Å². The minimum absolute atomic E-state index is 0.00598. The Morgan fingerprint density at radius 2 is 1.91 bits per heavy atom. The van der Waals surface area contributed by atoms with Gasteiger partial charge in [-0.3, -0.25) is 9.69 Å². The van der Waals surface area contributed by atoms with Crippen LogP contribution in [-0.2, 0) is 4.79 Å². The van der Waals surface area contributed by atoms with E-state index in [-0.39, 0.29) is 18.0 Å². The number of methoxy groups -OCH3 is 1. The highest BCUT2D eigenvalue weighted by atomic mass is 16.5. The van der Waals surface area contributed by atoms with Crippen molar-refractivity contribution in [2.24, 2.45) is 11.0 Å². The number of hydrazone groups is 1. The second-order valence-corrected chi connectivity index (χ2v) is 6.59. The molecule has 1 aromatic carbocycles. The van der Waals surface area contributed by atoms with Crippen LogP contribution in [-0.4, -0.2) is 47.8 Å². The van der Waals surface area contributed by atoms with E-state index >= 15 is 0 Å². The summed E-state index contributed by atoms with van der Waals surface area (Å²) in [6.07, 6.45) is 2.85. The highest BCUT2D eigenvalue weighted by Crippen LogP contribution is 2.43. The van der Waals surface area contributed by atoms with Crippen LogP contribution in [0.15, 0.2) is 29.4 Å². The Bertz CT molecular complexity index is 632. The molecule has 0 saturated carbocycles. The van der Waals surface area contributed by atoms with Crippen molar-refractivity contribution >= 4 is 11.6 Å². The van der Waals surface area contributed by atoms with Crippen LogP contribution in [0, 0.1) is 5.92 Å². The Hall–Kier alpha value is -1.88. The molecule has 23 heavy (non-hydrogen) atoms. The first-order valence-corrected chi connectivity index (χ1v) is 8.51. The van der Waals surface area contributed by atoms with Crippen LogP contribution in [0.5, 0.6) is 5.75 Å². The van der Waals surface area contributed by atoms with Crippen molar-refractivity contribution in [3.63, 3.8) is 0 Å². The SMILES string of the molecule is CCC(=O)N1N=C2C3CCN(CC3)[C@H]2[C@@H]1c1ccc(OC)cc1. The zero-order chi connectivity index (χ0) is 16.0. The lowest BCUT2D eigenvalue weighted by Gasteiger charge is -2.46. The number of benzene rings is 1. The maximum absolute atomic E-state index is 12.5. The van der Waals surface area contributed by atoms with Crippen LogP contribution < -0.4 is 4.74 Å². The van der Waals surface area contributed by atoms with Gasteiger partial charge in [0.2, 0.25) is 5.91 Å². The number of fused-ring (bicyclic) bond motifs is 2. The third-order valence-electron chi connectivity index (χ3n) is 5.45. The highest BCUT2D eigenvalue weighted by molar-refractivity contribution is 5.97. The number of amides is 1. The van der Waals surface area contributed by atoms with Gasteiger partial charge in [-0.05, 0) is 43.6 Å². The summed E-state index contributed by atoms with van der Waals surface area (Å²) in [6, 6.07) is 8.34. The van der Waals surface area contributed by atoms with Crippen molar-refractivity contribution in [2.75, 3.05) is 20.2 Å². The van der Waals surface area contributed by atoms with Crippen LogP contribution in [0.25, 0.3) is 0 Å². The number of carbonyl (C=O) groups is 1. The van der Waals surface area contributed by atoms with E-state index in [0.717, 1.165) is 24.4 Å². The summed E-state index contributed by atoms with van der Waals surface area (Å²) in [5.74, 6) is 1.50. The molecule has 0 spiro atoms. The number of rotatable bonds is 3. The smallest absolute Gasteiger partial charge is 0.243 e. The molecule has 122 valence electrons. The van der Waals surface area contributed by atoms with Crippen LogP contribution in [0.3, 0.4) is 0 Å². The van der Waals surface area contributed by atoms with Gasteiger partial charge in [0.05, 0.1) is 18.9 Å². The van der Waals surface area contributed by atoms with E-state index < -0.39 is 0 Å². The Kier molecular flexibility index (Phi) is 3.60. The van der Waals surface area contributed by atoms with Gasteiger partial charge >= 0.3 is 0 Å². The average Bonchev–Trinajstić information content (AvgIpc) is 3.04. The monoisotopic (exact) mass is 313 g/mol. The molecular weight excluding hydrogens is 290 g/mol. The summed E-state index contributed by atoms with van der Waals surface area (Å²) in [5.41, 5.74) is 2.37. The Morgan fingerprint density at radius 3 is 2.52 bits per heavy atom. The van der Waals surface area contributed by atoms with Crippen LogP contribution in [0.4, 0.5) is 0 Å². The largest absolute Gasteiger partial charge is 0.497 e. The minimum Gasteiger partial charge on any atom is -0.497 e. The number of hydrogen-bond donors (Lipinski definition) is 0. The van der Waals surface area contributed by atoms with E-state index in [1.54, 1.807) is 12.1 Å². The lowest BCUT2D eigenvalue weighted by Crippen LogP contribution is -2.56. The molecule has 0 radical (unpaired) electrons. The Balaban J connectivity index is 1.73. The van der Waals surface area contributed by atoms with Crippen molar-refractivity contribution in [1.29, 1.82) is 0 Å². The van der Waals surface area contributed by atoms with E-state index in [4.69, 9.17) is 9.84 Å². The van der Waals surface area contributed by atoms with Crippen molar-refractivity contribution < 1.29 is 9.53 Å². The first-order valence-electron chi connectivity index (χ1n) is 8.51. The van der Waals surface area contributed by atoms with Crippen molar-refractivity contribution in [1.82, 2.24) is 9.91 Å². The molecule has 5 rings (SSSR count). The third kappa shape index (κ3) is 2.26. The summed E-state index contributed by atoms with van der Waals surface area (Å²) in [6.45, 7) is 4.15. The minimum atomic E-state index is 0.00598. The van der Waals surface area contributed by atoms with Gasteiger partial charge in [-0.1, -0.05) is 19.1 Å². The fourth-order valence-electron chi connectivity index (χ4n) is 4.22. The molecule has 4 heterocycles. The molecule has 0 unspecified atom stereocenters. The van der Waals surface area contributed by atoms with Gasteiger partial charge in [0.15, 0.2) is 0 Å². The van der Waals surface area contributed by atoms with E-state index in [2.05, 4.69) is 17.0 Å². The molecular formula is C18H23N3O2. The van der Waals surface area contributed by atoms with Crippen molar-refractivity contribution in [3.8, 4) is 5.75 Å². The molecule has 2 atom stereocenters. The Labute approximate surface area is 136 Å². The quantitative estimate of drug-likeness (QED) is 0.861. The van der Waals surface area contributed by atoms with Crippen molar-refractivity contribution in [2.45, 2.75) is 38.3 Å². The summed E-state index contributed by atoms with van der Waals surface area (Å²) in [5, 5.41) is 6.54. The number of nitrogens with zero attached hydrogens (tertiary/aromatic N) is 3. The molecule has 4 aliphatic rings. The topological polar surface area (TPSA) is 45.1 Å². The van der Waals surface area contributed by atoms with Crippen LogP contribution in [0.2, 0.25) is 0 Å². The molecule has 0 aliphatic carbocycles. The zero-order valence-corrected chi connectivity index (χ0v) is 13.7. The number of piperidine rings is 3. The van der Waals surface area contributed by atoms with Crippen LogP contribution >= 0.6 is 0 Å². The summed E-state index contributed by atoms with van der Waals surface area (Å²) < 4.78 is 5.26. The van der Waals surface area contributed by atoms with Gasteiger partial charge in [0.25, 0.3) is 0 Å². The zero-order valence-electron chi connectivity index (χ0n) is 13.7. The summed E-state index contributed by atoms with van der Waals surface area (Å²) >= 11 is 0. The van der Waals surface area contributed by atoms with Crippen LogP contribution in [0.1, 0.15) is 37.8 Å². The van der Waals surface area contributed by atoms with Crippen molar-refractivity contribution in [3.05, 3.63) is 29.8 Å². The molecule has 0 N–H and O–H groups in total. The predicted molar refractivity (Wildman–Crippen MR) is 88.4 cm³/mol. The van der Waals surface area contributed by atoms with E-state index in [1.165, 1.54) is 18.6 Å². The molecule has 1 aromatic rings. The van der Waals surface area contributed by atoms with E-state index in [1.807, 2.05) is 19.1 Å². The lowest BCUT2D eigenvalue weighted by molar-refractivity contribution is -0.133. The normalized spacial score (nSPS) is 31.7. The molecule has 4 aliphatic heterocycles. The number of hydrogen-bond acceptors (Lipinski definition) is 4. The third-order valence-corrected chi connectivity index (χ3v) is 5.45. The fourth-order valence-corrected chi connectivity index (χ4v) is 4.22. The average molecular weight is 313 g/mol. The lowest BCUT2D eigenvalue weighted by atomic mass is 9.78. The van der Waals surface area contributed by atoms with Gasteiger partial charge < -0.3 is 4.74 Å². The van der Waals surface area contributed by atoms with E-state index in [9.17, 15) is 4.79 Å². The van der Waals surface area contributed by atoms with Gasteiger partial charge in [-0.25, -0.2) is 5.01 Å². The number of ether oxygens (including phenoxy) is 1. The standard InChI is InChI=1S/C18H23N3O2/c1-3-15(22)21-17(13-4-6-14(23-2)7-5-13)18-16(19-21)12-8-10-20(18)11-9-12/h4-7,12,17-18H,3,8-11H2,1-2H3/t17-,18+/m0/s1. The molecule has 2 bridgehead atoms. The maximum atomic E-state index is 12.5. The highest BCUT2D eigenvalue weighted by Gasteiger charge is 2.50. The predicted octanol–water partition coefficient (Wildman–Crippen LogP) is 2.44. The summed E-state index contributed by atoms with van der Waals surface area (Å²) in [7, 11) is 1.67. The number of carbonyl (C=O) groups excluding carboxylic acids is 1. The Morgan fingerprint density at radius 1 is 1.22 bits per heavy atom. The maximum Gasteiger partial charge on any atom is 0.243 e. The van der Waals surface area contributed by atoms with E-state index in [0.29, 0.717) is 12.3 Å². The molecule has 3 saturated heterocycles. The van der Waals surface area contributed by atoms with Gasteiger partial charge in [0.1, 0.15) is 11.8 Å².